The summed E-state index contributed by atoms with van der Waals surface area (Å²) in [4.78, 5) is 4.29. The fourth-order valence-electron chi connectivity index (χ4n) is 1.51. The fraction of sp³-hybridized carbons (Fsp3) is 0.467. The number of ether oxygens (including phenoxy) is 3. The first-order chi connectivity index (χ1) is 10.8. The Morgan fingerprint density at radius 3 is 2.41 bits per heavy atom. The van der Waals surface area contributed by atoms with Gasteiger partial charge in [-0.15, -0.1) is 0 Å². The van der Waals surface area contributed by atoms with Gasteiger partial charge in [-0.25, -0.2) is 0 Å². The highest BCUT2D eigenvalue weighted by molar-refractivity contribution is 6.31. The highest BCUT2D eigenvalue weighted by Gasteiger charge is 1.97. The second-order valence-electron chi connectivity index (χ2n) is 4.41. The second-order valence-corrected chi connectivity index (χ2v) is 4.41. The third-order valence-corrected chi connectivity index (χ3v) is 2.75. The molecule has 1 rings (SSSR count). The van der Waals surface area contributed by atoms with E-state index in [1.165, 1.54) is 0 Å². The number of nitrogens with zero attached hydrogens (tertiary/aromatic N) is 2. The molecule has 0 atom stereocenters. The van der Waals surface area contributed by atoms with E-state index in [-0.39, 0.29) is 6.61 Å². The lowest BCUT2D eigenvalue weighted by Crippen LogP contribution is -2.16. The zero-order valence-electron chi connectivity index (χ0n) is 12.9. The van der Waals surface area contributed by atoms with Crippen LogP contribution in [0, 0.1) is 0 Å². The summed E-state index contributed by atoms with van der Waals surface area (Å²) in [6.07, 6.45) is 1.59. The number of hydrazone groups is 1. The van der Waals surface area contributed by atoms with Gasteiger partial charge in [-0.1, -0.05) is 12.1 Å². The van der Waals surface area contributed by atoms with E-state index in [9.17, 15) is 0 Å². The van der Waals surface area contributed by atoms with Crippen molar-refractivity contribution in [1.29, 1.82) is 0 Å². The molecule has 7 nitrogen and oxygen atoms in total. The summed E-state index contributed by atoms with van der Waals surface area (Å²) in [5.41, 5.74) is 7.96. The molecule has 0 bridgehead atoms. The summed E-state index contributed by atoms with van der Waals surface area (Å²) in [5.74, 6) is 5.32. The van der Waals surface area contributed by atoms with Gasteiger partial charge < -0.3 is 25.8 Å². The van der Waals surface area contributed by atoms with Gasteiger partial charge in [0, 0.05) is 13.7 Å². The van der Waals surface area contributed by atoms with E-state index in [0.29, 0.717) is 38.7 Å². The van der Waals surface area contributed by atoms with Crippen LogP contribution in [-0.4, -0.2) is 52.1 Å². The van der Waals surface area contributed by atoms with E-state index < -0.39 is 0 Å². The molecule has 0 spiro atoms. The maximum Gasteiger partial charge on any atom is 0.104 e. The fourth-order valence-corrected chi connectivity index (χ4v) is 1.51. The average Bonchev–Trinajstić information content (AvgIpc) is 2.57. The Morgan fingerprint density at radius 1 is 1.09 bits per heavy atom. The normalized spacial score (nSPS) is 12.2. The number of benzene rings is 1. The molecule has 0 aliphatic carbocycles. The van der Waals surface area contributed by atoms with Crippen molar-refractivity contribution in [3.63, 3.8) is 0 Å². The summed E-state index contributed by atoms with van der Waals surface area (Å²) >= 11 is 0. The van der Waals surface area contributed by atoms with Gasteiger partial charge in [-0.2, -0.15) is 5.10 Å². The number of aliphatic imine (C=N–C) groups is 1. The Kier molecular flexibility index (Phi) is 9.80. The van der Waals surface area contributed by atoms with Crippen LogP contribution in [0.2, 0.25) is 0 Å². The van der Waals surface area contributed by atoms with Gasteiger partial charge in [0.2, 0.25) is 0 Å². The molecule has 122 valence electrons. The van der Waals surface area contributed by atoms with Crippen LogP contribution in [0.25, 0.3) is 0 Å². The van der Waals surface area contributed by atoms with Crippen LogP contribution in [0.5, 0.6) is 0 Å². The molecule has 1 aromatic carbocycles. The molecule has 0 unspecified atom stereocenters. The van der Waals surface area contributed by atoms with Gasteiger partial charge in [0.15, 0.2) is 0 Å². The SMILES string of the molecule is COCCOCCOCC(C=Nc1ccc(CN)cc1)=NN. The molecule has 0 saturated carbocycles. The van der Waals surface area contributed by atoms with Crippen LogP contribution in [0.4, 0.5) is 5.69 Å². The van der Waals surface area contributed by atoms with E-state index in [4.69, 9.17) is 25.8 Å². The molecule has 0 radical (unpaired) electrons. The summed E-state index contributed by atoms with van der Waals surface area (Å²) in [7, 11) is 1.63. The van der Waals surface area contributed by atoms with E-state index >= 15 is 0 Å². The summed E-state index contributed by atoms with van der Waals surface area (Å²) in [6, 6.07) is 7.63. The Morgan fingerprint density at radius 2 is 1.77 bits per heavy atom. The van der Waals surface area contributed by atoms with Gasteiger partial charge in [-0.05, 0) is 17.7 Å². The van der Waals surface area contributed by atoms with Crippen molar-refractivity contribution in [1.82, 2.24) is 0 Å². The van der Waals surface area contributed by atoms with Crippen LogP contribution in [0.15, 0.2) is 34.4 Å². The van der Waals surface area contributed by atoms with Gasteiger partial charge in [-0.3, -0.25) is 4.99 Å². The molecule has 0 heterocycles. The predicted molar refractivity (Wildman–Crippen MR) is 87.6 cm³/mol. The number of hydrogen-bond donors (Lipinski definition) is 2. The average molecular weight is 308 g/mol. The van der Waals surface area contributed by atoms with Crippen molar-refractivity contribution in [2.45, 2.75) is 6.54 Å². The second kappa shape index (κ2) is 11.8. The Balaban J connectivity index is 2.27. The van der Waals surface area contributed by atoms with Crippen LogP contribution >= 0.6 is 0 Å². The van der Waals surface area contributed by atoms with E-state index in [0.717, 1.165) is 11.3 Å². The van der Waals surface area contributed by atoms with E-state index in [2.05, 4.69) is 10.1 Å². The van der Waals surface area contributed by atoms with Crippen molar-refractivity contribution < 1.29 is 14.2 Å². The van der Waals surface area contributed by atoms with Crippen molar-refractivity contribution >= 4 is 17.6 Å². The zero-order chi connectivity index (χ0) is 16.0. The van der Waals surface area contributed by atoms with E-state index in [1.807, 2.05) is 24.3 Å². The molecule has 0 aromatic heterocycles. The van der Waals surface area contributed by atoms with Crippen molar-refractivity contribution in [2.75, 3.05) is 40.1 Å². The summed E-state index contributed by atoms with van der Waals surface area (Å²) in [6.45, 7) is 2.89. The molecule has 0 saturated heterocycles. The van der Waals surface area contributed by atoms with Crippen LogP contribution in [-0.2, 0) is 20.8 Å². The van der Waals surface area contributed by atoms with Crippen LogP contribution in [0.1, 0.15) is 5.56 Å². The molecular weight excluding hydrogens is 284 g/mol. The molecule has 0 aliphatic rings. The number of hydrogen-bond acceptors (Lipinski definition) is 7. The first-order valence-electron chi connectivity index (χ1n) is 7.04. The molecule has 22 heavy (non-hydrogen) atoms. The van der Waals surface area contributed by atoms with E-state index in [1.54, 1.807) is 13.3 Å². The smallest absolute Gasteiger partial charge is 0.104 e. The monoisotopic (exact) mass is 308 g/mol. The van der Waals surface area contributed by atoms with Crippen LogP contribution < -0.4 is 11.6 Å². The maximum atomic E-state index is 5.54. The third kappa shape index (κ3) is 7.84. The van der Waals surface area contributed by atoms with Crippen molar-refractivity contribution in [2.24, 2.45) is 21.7 Å². The van der Waals surface area contributed by atoms with Crippen molar-refractivity contribution in [3.8, 4) is 0 Å². The lowest BCUT2D eigenvalue weighted by atomic mass is 10.2. The maximum absolute atomic E-state index is 5.54. The summed E-state index contributed by atoms with van der Waals surface area (Å²) < 4.78 is 15.5. The molecule has 0 amide bonds. The number of nitrogens with two attached hydrogens (primary N) is 2. The van der Waals surface area contributed by atoms with Crippen LogP contribution in [0.3, 0.4) is 0 Å². The summed E-state index contributed by atoms with van der Waals surface area (Å²) in [5, 5.41) is 3.65. The zero-order valence-corrected chi connectivity index (χ0v) is 12.9. The van der Waals surface area contributed by atoms with Gasteiger partial charge in [0.25, 0.3) is 0 Å². The van der Waals surface area contributed by atoms with Crippen molar-refractivity contribution in [3.05, 3.63) is 29.8 Å². The lowest BCUT2D eigenvalue weighted by Gasteiger charge is -2.05. The molecule has 1 aromatic rings. The molecule has 7 heteroatoms. The standard InChI is InChI=1S/C15H24N4O3/c1-20-6-7-21-8-9-22-12-15(19-17)11-18-14-4-2-13(10-16)3-5-14/h2-5,11H,6-10,12,16-17H2,1H3. The number of methoxy groups -OCH3 is 1. The topological polar surface area (TPSA) is 104 Å². The molecule has 0 fully saturated rings. The molecule has 0 aliphatic heterocycles. The van der Waals surface area contributed by atoms with Gasteiger partial charge in [0.05, 0.1) is 44.9 Å². The van der Waals surface area contributed by atoms with Gasteiger partial charge in [0.1, 0.15) is 5.71 Å². The minimum Gasteiger partial charge on any atom is -0.382 e. The highest BCUT2D eigenvalue weighted by Crippen LogP contribution is 2.11. The minimum atomic E-state index is 0.286. The first kappa shape index (κ1) is 18.2. The Labute approximate surface area is 130 Å². The molecular formula is C15H24N4O3. The minimum absolute atomic E-state index is 0.286. The first-order valence-corrected chi connectivity index (χ1v) is 7.04. The third-order valence-electron chi connectivity index (χ3n) is 2.75. The molecule has 4 N–H and O–H groups in total. The number of rotatable bonds is 11. The van der Waals surface area contributed by atoms with Gasteiger partial charge >= 0.3 is 0 Å². The highest BCUT2D eigenvalue weighted by atomic mass is 16.5. The largest absolute Gasteiger partial charge is 0.382 e. The Hall–Kier alpha value is -1.80. The Bertz CT molecular complexity index is 460. The predicted octanol–water partition coefficient (Wildman–Crippen LogP) is 0.842. The quantitative estimate of drug-likeness (QED) is 0.273. The lowest BCUT2D eigenvalue weighted by molar-refractivity contribution is 0.0336.